The van der Waals surface area contributed by atoms with Crippen LogP contribution < -0.4 is 5.32 Å². The molecule has 1 N–H and O–H groups in total. The molecule has 1 saturated heterocycles. The van der Waals surface area contributed by atoms with Crippen molar-refractivity contribution in [1.29, 1.82) is 0 Å². The van der Waals surface area contributed by atoms with Gasteiger partial charge in [0.05, 0.1) is 6.61 Å². The minimum atomic E-state index is -4.17. The first-order chi connectivity index (χ1) is 9.21. The van der Waals surface area contributed by atoms with Gasteiger partial charge in [0.1, 0.15) is 0 Å². The fraction of sp³-hybridized carbons (Fsp3) is 0.923. The van der Waals surface area contributed by atoms with E-state index in [0.29, 0.717) is 19.5 Å². The number of halogens is 3. The molecule has 0 aromatic heterocycles. The second-order valence-electron chi connectivity index (χ2n) is 5.53. The number of rotatable bonds is 4. The van der Waals surface area contributed by atoms with E-state index in [1.807, 2.05) is 18.7 Å². The topological polar surface area (TPSA) is 41.6 Å². The van der Waals surface area contributed by atoms with Crippen molar-refractivity contribution in [1.82, 2.24) is 10.2 Å². The Kier molecular flexibility index (Phi) is 6.10. The molecule has 1 aliphatic rings. The summed E-state index contributed by atoms with van der Waals surface area (Å²) >= 11 is 0. The van der Waals surface area contributed by atoms with E-state index in [2.05, 4.69) is 5.32 Å². The van der Waals surface area contributed by atoms with Crippen LogP contribution in [0.25, 0.3) is 0 Å². The molecule has 1 rings (SSSR count). The Labute approximate surface area is 117 Å². The molecule has 0 radical (unpaired) electrons. The average molecular weight is 296 g/mol. The Balaban J connectivity index is 2.63. The first-order valence-corrected chi connectivity index (χ1v) is 6.95. The number of carbonyl (C=O) groups excluding carboxylic acids is 1. The van der Waals surface area contributed by atoms with Crippen LogP contribution >= 0.6 is 0 Å². The average Bonchev–Trinajstić information content (AvgIpc) is 2.26. The molecule has 1 amide bonds. The predicted molar refractivity (Wildman–Crippen MR) is 69.4 cm³/mol. The van der Waals surface area contributed by atoms with Gasteiger partial charge >= 0.3 is 12.3 Å². The van der Waals surface area contributed by atoms with Gasteiger partial charge in [-0.3, -0.25) is 4.90 Å². The molecule has 7 heteroatoms. The second-order valence-corrected chi connectivity index (χ2v) is 5.53. The lowest BCUT2D eigenvalue weighted by molar-refractivity contribution is -0.149. The number of hydrogen-bond donors (Lipinski definition) is 1. The summed E-state index contributed by atoms with van der Waals surface area (Å²) in [7, 11) is 0. The first kappa shape index (κ1) is 17.1. The van der Waals surface area contributed by atoms with Crippen LogP contribution in [0.2, 0.25) is 0 Å². The number of nitrogens with one attached hydrogen (secondary N) is 1. The van der Waals surface area contributed by atoms with Gasteiger partial charge in [0, 0.05) is 31.6 Å². The van der Waals surface area contributed by atoms with Crippen molar-refractivity contribution in [3.8, 4) is 0 Å². The molecule has 0 aromatic carbocycles. The number of alkyl carbamates (subject to hydrolysis) is 1. The van der Waals surface area contributed by atoms with Crippen LogP contribution in [0.5, 0.6) is 0 Å². The summed E-state index contributed by atoms with van der Waals surface area (Å²) < 4.78 is 42.4. The van der Waals surface area contributed by atoms with Crippen LogP contribution in [-0.4, -0.2) is 48.9 Å². The van der Waals surface area contributed by atoms with Crippen LogP contribution in [-0.2, 0) is 4.74 Å². The van der Waals surface area contributed by atoms with Crippen molar-refractivity contribution in [3.63, 3.8) is 0 Å². The zero-order valence-electron chi connectivity index (χ0n) is 12.2. The van der Waals surface area contributed by atoms with Crippen molar-refractivity contribution in [2.75, 3.05) is 19.7 Å². The third kappa shape index (κ3) is 5.98. The zero-order chi connectivity index (χ0) is 15.3. The highest BCUT2D eigenvalue weighted by Crippen LogP contribution is 2.30. The molecule has 1 aliphatic heterocycles. The first-order valence-electron chi connectivity index (χ1n) is 6.95. The highest BCUT2D eigenvalue weighted by molar-refractivity contribution is 5.67. The molecule has 2 unspecified atom stereocenters. The Morgan fingerprint density at radius 1 is 1.40 bits per heavy atom. The number of alkyl halides is 3. The number of nitrogens with zero attached hydrogens (tertiary/aromatic N) is 1. The summed E-state index contributed by atoms with van der Waals surface area (Å²) in [6.45, 7) is 6.80. The molecule has 20 heavy (non-hydrogen) atoms. The summed E-state index contributed by atoms with van der Waals surface area (Å²) in [6, 6.07) is -0.143. The summed E-state index contributed by atoms with van der Waals surface area (Å²) in [5, 5.41) is 2.65. The van der Waals surface area contributed by atoms with Crippen molar-refractivity contribution in [3.05, 3.63) is 0 Å². The Hall–Kier alpha value is -0.980. The predicted octanol–water partition coefficient (Wildman–Crippen LogP) is 2.78. The van der Waals surface area contributed by atoms with Gasteiger partial charge in [0.15, 0.2) is 0 Å². The summed E-state index contributed by atoms with van der Waals surface area (Å²) in [5.41, 5.74) is 0. The van der Waals surface area contributed by atoms with Crippen LogP contribution in [0.15, 0.2) is 0 Å². The van der Waals surface area contributed by atoms with Gasteiger partial charge in [-0.05, 0) is 33.1 Å². The minimum Gasteiger partial charge on any atom is -0.450 e. The van der Waals surface area contributed by atoms with E-state index in [9.17, 15) is 18.0 Å². The third-order valence-electron chi connectivity index (χ3n) is 3.41. The molecular weight excluding hydrogens is 273 g/mol. The van der Waals surface area contributed by atoms with E-state index >= 15 is 0 Å². The molecule has 0 aliphatic carbocycles. The third-order valence-corrected chi connectivity index (χ3v) is 3.41. The van der Waals surface area contributed by atoms with E-state index in [0.717, 1.165) is 0 Å². The minimum absolute atomic E-state index is 0.150. The molecule has 118 valence electrons. The SMILES string of the molecule is CCOC(=O)NC1CC(CC(F)(F)F)CN(C(C)C)C1. The maximum absolute atomic E-state index is 12.5. The number of piperidine rings is 1. The normalized spacial score (nSPS) is 24.8. The zero-order valence-corrected chi connectivity index (χ0v) is 12.2. The van der Waals surface area contributed by atoms with Crippen LogP contribution in [0.4, 0.5) is 18.0 Å². The highest BCUT2D eigenvalue weighted by Gasteiger charge is 2.37. The van der Waals surface area contributed by atoms with Gasteiger partial charge < -0.3 is 10.1 Å². The van der Waals surface area contributed by atoms with E-state index in [1.54, 1.807) is 6.92 Å². The van der Waals surface area contributed by atoms with Gasteiger partial charge in [-0.2, -0.15) is 13.2 Å². The van der Waals surface area contributed by atoms with Gasteiger partial charge in [-0.15, -0.1) is 0 Å². The van der Waals surface area contributed by atoms with Crippen LogP contribution in [0.3, 0.4) is 0 Å². The van der Waals surface area contributed by atoms with Gasteiger partial charge in [-0.1, -0.05) is 0 Å². The molecule has 1 fully saturated rings. The number of hydrogen-bond acceptors (Lipinski definition) is 3. The van der Waals surface area contributed by atoms with Gasteiger partial charge in [-0.25, -0.2) is 4.79 Å². The van der Waals surface area contributed by atoms with Gasteiger partial charge in [0.2, 0.25) is 0 Å². The summed E-state index contributed by atoms with van der Waals surface area (Å²) in [6.07, 6.45) is -5.20. The van der Waals surface area contributed by atoms with Crippen molar-refractivity contribution >= 4 is 6.09 Å². The quantitative estimate of drug-likeness (QED) is 0.867. The lowest BCUT2D eigenvalue weighted by Crippen LogP contribution is -2.53. The largest absolute Gasteiger partial charge is 0.450 e. The summed E-state index contributed by atoms with van der Waals surface area (Å²) in [5.74, 6) is -0.488. The van der Waals surface area contributed by atoms with Crippen molar-refractivity contribution in [2.24, 2.45) is 5.92 Å². The molecule has 0 bridgehead atoms. The number of carbonyl (C=O) groups is 1. The van der Waals surface area contributed by atoms with E-state index < -0.39 is 24.6 Å². The van der Waals surface area contributed by atoms with Crippen molar-refractivity contribution in [2.45, 2.75) is 51.9 Å². The van der Waals surface area contributed by atoms with E-state index in [4.69, 9.17) is 4.74 Å². The lowest BCUT2D eigenvalue weighted by Gasteiger charge is -2.40. The molecular formula is C13H23F3N2O2. The van der Waals surface area contributed by atoms with Gasteiger partial charge in [0.25, 0.3) is 0 Å². The Bertz CT molecular complexity index is 321. The van der Waals surface area contributed by atoms with E-state index in [1.165, 1.54) is 0 Å². The lowest BCUT2D eigenvalue weighted by atomic mass is 9.90. The smallest absolute Gasteiger partial charge is 0.407 e. The maximum atomic E-state index is 12.5. The highest BCUT2D eigenvalue weighted by atomic mass is 19.4. The van der Waals surface area contributed by atoms with Crippen LogP contribution in [0.1, 0.15) is 33.6 Å². The molecule has 1 heterocycles. The fourth-order valence-corrected chi connectivity index (χ4v) is 2.58. The van der Waals surface area contributed by atoms with Crippen LogP contribution in [0, 0.1) is 5.92 Å². The number of ether oxygens (including phenoxy) is 1. The molecule has 2 atom stereocenters. The molecule has 0 aromatic rings. The Morgan fingerprint density at radius 3 is 2.55 bits per heavy atom. The number of likely N-dealkylation sites (tertiary alicyclic amines) is 1. The Morgan fingerprint density at radius 2 is 2.05 bits per heavy atom. The monoisotopic (exact) mass is 296 g/mol. The molecule has 0 spiro atoms. The standard InChI is InChI=1S/C13H23F3N2O2/c1-4-20-12(19)17-11-5-10(6-13(14,15)16)7-18(8-11)9(2)3/h9-11H,4-8H2,1-3H3,(H,17,19). The summed E-state index contributed by atoms with van der Waals surface area (Å²) in [4.78, 5) is 13.4. The number of amides is 1. The molecule has 4 nitrogen and oxygen atoms in total. The second kappa shape index (κ2) is 7.15. The molecule has 0 saturated carbocycles. The fourth-order valence-electron chi connectivity index (χ4n) is 2.58. The maximum Gasteiger partial charge on any atom is 0.407 e. The van der Waals surface area contributed by atoms with E-state index in [-0.39, 0.29) is 18.7 Å². The van der Waals surface area contributed by atoms with Crippen molar-refractivity contribution < 1.29 is 22.7 Å².